The summed E-state index contributed by atoms with van der Waals surface area (Å²) in [5.74, 6) is -2.68. The Bertz CT molecular complexity index is 1310. The molecule has 0 radical (unpaired) electrons. The Balaban J connectivity index is 1.83. The molecule has 2 aromatic carbocycles. The van der Waals surface area contributed by atoms with Gasteiger partial charge in [0, 0.05) is 36.6 Å². The number of hydrogen-bond acceptors (Lipinski definition) is 7. The molecule has 0 spiro atoms. The SMILES string of the molecule is CC(=O)Nc1ccc(C2=CN(S(=O)(=O)c3ccc(N)cc3)C3C=C(CN)C(=O)C(=O)C23)cc1. The van der Waals surface area contributed by atoms with Crippen LogP contribution in [0.25, 0.3) is 5.57 Å². The molecule has 10 heteroatoms. The molecule has 1 aliphatic heterocycles. The molecule has 0 saturated heterocycles. The van der Waals surface area contributed by atoms with E-state index in [9.17, 15) is 22.8 Å². The molecule has 1 amide bonds. The van der Waals surface area contributed by atoms with Crippen LogP contribution in [0.4, 0.5) is 11.4 Å². The van der Waals surface area contributed by atoms with E-state index in [1.165, 1.54) is 43.5 Å². The van der Waals surface area contributed by atoms with Gasteiger partial charge in [-0.25, -0.2) is 8.42 Å². The van der Waals surface area contributed by atoms with E-state index in [1.54, 1.807) is 24.3 Å². The Labute approximate surface area is 190 Å². The van der Waals surface area contributed by atoms with Crippen LogP contribution in [0.15, 0.2) is 71.3 Å². The number of benzene rings is 2. The second-order valence-corrected chi connectivity index (χ2v) is 9.65. The number of hydrogen-bond donors (Lipinski definition) is 3. The molecular weight excluding hydrogens is 444 g/mol. The van der Waals surface area contributed by atoms with E-state index in [0.29, 0.717) is 22.5 Å². The molecule has 170 valence electrons. The lowest BCUT2D eigenvalue weighted by Crippen LogP contribution is -2.45. The highest BCUT2D eigenvalue weighted by molar-refractivity contribution is 7.89. The average molecular weight is 467 g/mol. The number of rotatable bonds is 5. The molecule has 0 fully saturated rings. The summed E-state index contributed by atoms with van der Waals surface area (Å²) >= 11 is 0. The van der Waals surface area contributed by atoms with Gasteiger partial charge >= 0.3 is 0 Å². The molecular formula is C23H22N4O5S. The van der Waals surface area contributed by atoms with Crippen LogP contribution < -0.4 is 16.8 Å². The number of nitrogens with one attached hydrogen (secondary N) is 1. The summed E-state index contributed by atoms with van der Waals surface area (Å²) in [5.41, 5.74) is 13.3. The maximum Gasteiger partial charge on any atom is 0.264 e. The molecule has 2 atom stereocenters. The average Bonchev–Trinajstić information content (AvgIpc) is 3.17. The smallest absolute Gasteiger partial charge is 0.264 e. The molecule has 2 aromatic rings. The highest BCUT2D eigenvalue weighted by Gasteiger charge is 2.49. The van der Waals surface area contributed by atoms with Crippen molar-refractivity contribution < 1.29 is 22.8 Å². The lowest BCUT2D eigenvalue weighted by molar-refractivity contribution is -0.136. The van der Waals surface area contributed by atoms with Crippen LogP contribution in [0.1, 0.15) is 12.5 Å². The maximum atomic E-state index is 13.5. The number of ketones is 2. The van der Waals surface area contributed by atoms with Crippen LogP contribution in [0, 0.1) is 5.92 Å². The first-order chi connectivity index (χ1) is 15.6. The third-order valence-electron chi connectivity index (χ3n) is 5.62. The zero-order valence-electron chi connectivity index (χ0n) is 17.7. The molecule has 0 saturated carbocycles. The van der Waals surface area contributed by atoms with Crippen LogP contribution in [-0.4, -0.2) is 42.8 Å². The number of sulfonamides is 1. The number of carbonyl (C=O) groups excluding carboxylic acids is 3. The molecule has 5 N–H and O–H groups in total. The van der Waals surface area contributed by atoms with Crippen molar-refractivity contribution in [2.45, 2.75) is 17.9 Å². The molecule has 0 aromatic heterocycles. The number of nitrogens with zero attached hydrogens (tertiary/aromatic N) is 1. The minimum Gasteiger partial charge on any atom is -0.399 e. The number of amides is 1. The highest BCUT2D eigenvalue weighted by Crippen LogP contribution is 2.42. The predicted octanol–water partition coefficient (Wildman–Crippen LogP) is 1.29. The lowest BCUT2D eigenvalue weighted by atomic mass is 9.79. The van der Waals surface area contributed by atoms with Crippen LogP contribution in [0.5, 0.6) is 0 Å². The fraction of sp³-hybridized carbons (Fsp3) is 0.174. The van der Waals surface area contributed by atoms with Crippen molar-refractivity contribution >= 4 is 44.4 Å². The number of nitrogens with two attached hydrogens (primary N) is 2. The molecule has 33 heavy (non-hydrogen) atoms. The van der Waals surface area contributed by atoms with E-state index in [2.05, 4.69) is 5.32 Å². The number of Topliss-reactive ketones (excluding diaryl/α,β-unsaturated/α-hetero) is 2. The van der Waals surface area contributed by atoms with Crippen LogP contribution in [-0.2, 0) is 24.4 Å². The quantitative estimate of drug-likeness (QED) is 0.443. The summed E-state index contributed by atoms with van der Waals surface area (Å²) in [6.07, 6.45) is 2.84. The topological polar surface area (TPSA) is 153 Å². The lowest BCUT2D eigenvalue weighted by Gasteiger charge is -2.30. The van der Waals surface area contributed by atoms with Gasteiger partial charge in [-0.1, -0.05) is 18.2 Å². The van der Waals surface area contributed by atoms with E-state index in [0.717, 1.165) is 4.31 Å². The molecule has 1 aliphatic carbocycles. The summed E-state index contributed by atoms with van der Waals surface area (Å²) in [6, 6.07) is 11.4. The highest BCUT2D eigenvalue weighted by atomic mass is 32.2. The Hall–Kier alpha value is -3.76. The van der Waals surface area contributed by atoms with Crippen molar-refractivity contribution in [1.29, 1.82) is 0 Å². The second kappa shape index (κ2) is 8.30. The third-order valence-corrected chi connectivity index (χ3v) is 7.39. The minimum absolute atomic E-state index is 0.000929. The minimum atomic E-state index is -4.07. The Kier molecular flexibility index (Phi) is 5.64. The summed E-state index contributed by atoms with van der Waals surface area (Å²) in [4.78, 5) is 36.9. The Morgan fingerprint density at radius 1 is 1.06 bits per heavy atom. The first kappa shape index (κ1) is 22.4. The van der Waals surface area contributed by atoms with E-state index >= 15 is 0 Å². The van der Waals surface area contributed by atoms with Gasteiger partial charge in [0.25, 0.3) is 10.0 Å². The van der Waals surface area contributed by atoms with Crippen LogP contribution in [0.3, 0.4) is 0 Å². The number of fused-ring (bicyclic) bond motifs is 1. The summed E-state index contributed by atoms with van der Waals surface area (Å²) in [5, 5.41) is 2.65. The second-order valence-electron chi connectivity index (χ2n) is 7.80. The maximum absolute atomic E-state index is 13.5. The Morgan fingerprint density at radius 3 is 2.27 bits per heavy atom. The van der Waals surface area contributed by atoms with E-state index in [1.807, 2.05) is 0 Å². The van der Waals surface area contributed by atoms with Crippen LogP contribution >= 0.6 is 0 Å². The molecule has 1 heterocycles. The zero-order valence-corrected chi connectivity index (χ0v) is 18.5. The van der Waals surface area contributed by atoms with Gasteiger partial charge in [0.05, 0.1) is 16.9 Å². The first-order valence-corrected chi connectivity index (χ1v) is 11.6. The van der Waals surface area contributed by atoms with Gasteiger partial charge in [-0.2, -0.15) is 0 Å². The summed E-state index contributed by atoms with van der Waals surface area (Å²) in [6.45, 7) is 1.20. The third kappa shape index (κ3) is 3.94. The van der Waals surface area contributed by atoms with Gasteiger partial charge in [-0.05, 0) is 47.5 Å². The normalized spacial score (nSPS) is 20.2. The van der Waals surface area contributed by atoms with Crippen molar-refractivity contribution in [3.05, 3.63) is 71.9 Å². The monoisotopic (exact) mass is 466 g/mol. The van der Waals surface area contributed by atoms with Crippen LogP contribution in [0.2, 0.25) is 0 Å². The van der Waals surface area contributed by atoms with E-state index in [4.69, 9.17) is 11.5 Å². The standard InChI is InChI=1S/C23H22N4O5S/c1-13(28)26-17-6-2-14(3-7-17)19-12-27(33(31,32)18-8-4-16(25)5-9-18)20-10-15(11-24)22(29)23(30)21(19)20/h2-10,12,20-21H,11,24-25H2,1H3,(H,26,28). The van der Waals surface area contributed by atoms with Crippen molar-refractivity contribution in [2.24, 2.45) is 11.7 Å². The van der Waals surface area contributed by atoms with Gasteiger partial charge in [0.1, 0.15) is 0 Å². The molecule has 2 unspecified atom stereocenters. The summed E-state index contributed by atoms with van der Waals surface area (Å²) < 4.78 is 28.0. The predicted molar refractivity (Wildman–Crippen MR) is 123 cm³/mol. The largest absolute Gasteiger partial charge is 0.399 e. The van der Waals surface area contributed by atoms with E-state index < -0.39 is 33.5 Å². The molecule has 2 aliphatic rings. The van der Waals surface area contributed by atoms with Gasteiger partial charge in [-0.15, -0.1) is 0 Å². The van der Waals surface area contributed by atoms with Crippen molar-refractivity contribution in [2.75, 3.05) is 17.6 Å². The first-order valence-electron chi connectivity index (χ1n) is 10.1. The van der Waals surface area contributed by atoms with Crippen molar-refractivity contribution in [1.82, 2.24) is 4.31 Å². The fourth-order valence-corrected chi connectivity index (χ4v) is 5.52. The van der Waals surface area contributed by atoms with Gasteiger partial charge < -0.3 is 16.8 Å². The fourth-order valence-electron chi connectivity index (χ4n) is 4.04. The molecule has 9 nitrogen and oxygen atoms in total. The van der Waals surface area contributed by atoms with Crippen molar-refractivity contribution in [3.63, 3.8) is 0 Å². The zero-order chi connectivity index (χ0) is 23.9. The van der Waals surface area contributed by atoms with Gasteiger partial charge in [0.2, 0.25) is 17.5 Å². The Morgan fingerprint density at radius 2 is 1.70 bits per heavy atom. The number of nitrogen functional groups attached to an aromatic ring is 1. The van der Waals surface area contributed by atoms with Crippen molar-refractivity contribution in [3.8, 4) is 0 Å². The van der Waals surface area contributed by atoms with E-state index in [-0.39, 0.29) is 22.9 Å². The molecule has 4 rings (SSSR count). The number of anilines is 2. The number of carbonyl (C=O) groups is 3. The molecule has 0 bridgehead atoms. The van der Waals surface area contributed by atoms with Gasteiger partial charge in [-0.3, -0.25) is 18.7 Å². The summed E-state index contributed by atoms with van der Waals surface area (Å²) in [7, 11) is -4.07. The van der Waals surface area contributed by atoms with Gasteiger partial charge in [0.15, 0.2) is 0 Å².